The van der Waals surface area contributed by atoms with Crippen LogP contribution in [-0.2, 0) is 6.54 Å². The van der Waals surface area contributed by atoms with E-state index in [0.29, 0.717) is 12.6 Å². The summed E-state index contributed by atoms with van der Waals surface area (Å²) in [4.78, 5) is 0. The number of hydrogen-bond donors (Lipinski definition) is 1. The molecule has 0 atom stereocenters. The minimum absolute atomic E-state index is 0.388. The fraction of sp³-hybridized carbons (Fsp3) is 0.857. The predicted molar refractivity (Wildman–Crippen MR) is 45.3 cm³/mol. The molecule has 1 heterocycles. The first kappa shape index (κ1) is 9.12. The van der Waals surface area contributed by atoms with Gasteiger partial charge in [0.2, 0.25) is 0 Å². The molecule has 0 aliphatic carbocycles. The summed E-state index contributed by atoms with van der Waals surface area (Å²) in [5.41, 5.74) is 5.48. The van der Waals surface area contributed by atoms with Gasteiger partial charge in [0.15, 0.2) is 5.82 Å². The third-order valence-corrected chi connectivity index (χ3v) is 2.03. The van der Waals surface area contributed by atoms with Crippen molar-refractivity contribution in [1.29, 1.82) is 0 Å². The van der Waals surface area contributed by atoms with Crippen LogP contribution in [0.1, 0.15) is 38.6 Å². The molecule has 5 nitrogen and oxygen atoms in total. The first-order chi connectivity index (χ1) is 5.83. The van der Waals surface area contributed by atoms with Gasteiger partial charge in [0, 0.05) is 0 Å². The van der Waals surface area contributed by atoms with Gasteiger partial charge in [-0.1, -0.05) is 13.8 Å². The number of rotatable bonds is 4. The second-order valence-corrected chi connectivity index (χ2v) is 2.71. The van der Waals surface area contributed by atoms with E-state index in [1.807, 2.05) is 4.68 Å². The van der Waals surface area contributed by atoms with E-state index < -0.39 is 0 Å². The minimum atomic E-state index is 0.388. The molecule has 0 aromatic carbocycles. The van der Waals surface area contributed by atoms with Gasteiger partial charge in [0.05, 0.1) is 12.6 Å². The summed E-state index contributed by atoms with van der Waals surface area (Å²) in [5.74, 6) is 0.767. The lowest BCUT2D eigenvalue weighted by Gasteiger charge is -2.12. The maximum atomic E-state index is 5.48. The van der Waals surface area contributed by atoms with Gasteiger partial charge >= 0.3 is 0 Å². The van der Waals surface area contributed by atoms with Gasteiger partial charge in [-0.2, -0.15) is 0 Å². The standard InChI is InChI=1S/C7H15N5/c1-3-6(4-2)12-7(5-8)9-10-11-12/h6H,3-5,8H2,1-2H3. The van der Waals surface area contributed by atoms with Crippen molar-refractivity contribution in [3.63, 3.8) is 0 Å². The van der Waals surface area contributed by atoms with E-state index in [1.165, 1.54) is 0 Å². The van der Waals surface area contributed by atoms with Gasteiger partial charge in [-0.3, -0.25) is 0 Å². The Morgan fingerprint density at radius 1 is 1.42 bits per heavy atom. The Balaban J connectivity index is 2.83. The molecule has 0 aliphatic rings. The van der Waals surface area contributed by atoms with Gasteiger partial charge in [-0.05, 0) is 23.3 Å². The van der Waals surface area contributed by atoms with Crippen LogP contribution in [0.3, 0.4) is 0 Å². The third-order valence-electron chi connectivity index (χ3n) is 2.03. The average molecular weight is 169 g/mol. The lowest BCUT2D eigenvalue weighted by molar-refractivity contribution is 0.405. The first-order valence-electron chi connectivity index (χ1n) is 4.30. The molecule has 0 fully saturated rings. The molecule has 1 aromatic heterocycles. The molecule has 0 spiro atoms. The molecule has 0 unspecified atom stereocenters. The quantitative estimate of drug-likeness (QED) is 0.712. The maximum Gasteiger partial charge on any atom is 0.165 e. The highest BCUT2D eigenvalue weighted by Crippen LogP contribution is 2.14. The van der Waals surface area contributed by atoms with E-state index in [1.54, 1.807) is 0 Å². The summed E-state index contributed by atoms with van der Waals surface area (Å²) in [6.45, 7) is 4.65. The van der Waals surface area contributed by atoms with Crippen molar-refractivity contribution in [2.75, 3.05) is 0 Å². The van der Waals surface area contributed by atoms with Crippen LogP contribution in [0.25, 0.3) is 0 Å². The zero-order valence-electron chi connectivity index (χ0n) is 7.56. The van der Waals surface area contributed by atoms with E-state index in [2.05, 4.69) is 29.4 Å². The largest absolute Gasteiger partial charge is 0.324 e. The van der Waals surface area contributed by atoms with Crippen LogP contribution in [0.5, 0.6) is 0 Å². The minimum Gasteiger partial charge on any atom is -0.324 e. The Bertz CT molecular complexity index is 227. The van der Waals surface area contributed by atoms with Crippen molar-refractivity contribution in [3.8, 4) is 0 Å². The molecule has 0 aliphatic heterocycles. The predicted octanol–water partition coefficient (Wildman–Crippen LogP) is 0.493. The lowest BCUT2D eigenvalue weighted by Crippen LogP contribution is -2.15. The summed E-state index contributed by atoms with van der Waals surface area (Å²) in [7, 11) is 0. The van der Waals surface area contributed by atoms with Crippen LogP contribution in [-0.4, -0.2) is 20.2 Å². The Kier molecular flexibility index (Phi) is 3.16. The number of hydrogen-bond acceptors (Lipinski definition) is 4. The number of aromatic nitrogens is 4. The van der Waals surface area contributed by atoms with Gasteiger partial charge in [0.25, 0.3) is 0 Å². The Labute approximate surface area is 71.9 Å². The van der Waals surface area contributed by atoms with E-state index in [0.717, 1.165) is 18.7 Å². The van der Waals surface area contributed by atoms with Crippen LogP contribution in [0.15, 0.2) is 0 Å². The van der Waals surface area contributed by atoms with Crippen molar-refractivity contribution in [2.45, 2.75) is 39.3 Å². The molecular weight excluding hydrogens is 154 g/mol. The SMILES string of the molecule is CCC(CC)n1nnnc1CN. The Morgan fingerprint density at radius 3 is 2.58 bits per heavy atom. The molecular formula is C7H15N5. The number of tetrazole rings is 1. The summed E-state index contributed by atoms with van der Waals surface area (Å²) < 4.78 is 1.82. The molecule has 2 N–H and O–H groups in total. The molecule has 0 radical (unpaired) electrons. The smallest absolute Gasteiger partial charge is 0.165 e. The van der Waals surface area contributed by atoms with Crippen molar-refractivity contribution in [2.24, 2.45) is 5.73 Å². The first-order valence-corrected chi connectivity index (χ1v) is 4.30. The van der Waals surface area contributed by atoms with E-state index in [-0.39, 0.29) is 0 Å². The summed E-state index contributed by atoms with van der Waals surface area (Å²) >= 11 is 0. The zero-order valence-corrected chi connectivity index (χ0v) is 7.56. The molecule has 0 bridgehead atoms. The van der Waals surface area contributed by atoms with Gasteiger partial charge < -0.3 is 5.73 Å². The zero-order chi connectivity index (χ0) is 8.97. The Hall–Kier alpha value is -0.970. The van der Waals surface area contributed by atoms with Crippen LogP contribution in [0.2, 0.25) is 0 Å². The van der Waals surface area contributed by atoms with E-state index in [9.17, 15) is 0 Å². The molecule has 12 heavy (non-hydrogen) atoms. The highest BCUT2D eigenvalue weighted by Gasteiger charge is 2.11. The maximum absolute atomic E-state index is 5.48. The fourth-order valence-corrected chi connectivity index (χ4v) is 1.26. The molecule has 0 amide bonds. The monoisotopic (exact) mass is 169 g/mol. The van der Waals surface area contributed by atoms with E-state index >= 15 is 0 Å². The van der Waals surface area contributed by atoms with Crippen molar-refractivity contribution >= 4 is 0 Å². The summed E-state index contributed by atoms with van der Waals surface area (Å²) in [6.07, 6.45) is 2.07. The molecule has 1 rings (SSSR count). The van der Waals surface area contributed by atoms with E-state index in [4.69, 9.17) is 5.73 Å². The fourth-order valence-electron chi connectivity index (χ4n) is 1.26. The Morgan fingerprint density at radius 2 is 2.08 bits per heavy atom. The number of nitrogens with two attached hydrogens (primary N) is 1. The normalized spacial score (nSPS) is 11.0. The second kappa shape index (κ2) is 4.15. The molecule has 68 valence electrons. The van der Waals surface area contributed by atoms with Crippen LogP contribution < -0.4 is 5.73 Å². The van der Waals surface area contributed by atoms with Gasteiger partial charge in [0.1, 0.15) is 0 Å². The molecule has 5 heteroatoms. The van der Waals surface area contributed by atoms with Crippen molar-refractivity contribution in [1.82, 2.24) is 20.2 Å². The second-order valence-electron chi connectivity index (χ2n) is 2.71. The molecule has 0 saturated heterocycles. The topological polar surface area (TPSA) is 69.6 Å². The van der Waals surface area contributed by atoms with Gasteiger partial charge in [-0.15, -0.1) is 5.10 Å². The average Bonchev–Trinajstić information content (AvgIpc) is 2.55. The van der Waals surface area contributed by atoms with Crippen molar-refractivity contribution < 1.29 is 0 Å². The summed E-state index contributed by atoms with van der Waals surface area (Å²) in [6, 6.07) is 0.388. The van der Waals surface area contributed by atoms with Crippen LogP contribution in [0.4, 0.5) is 0 Å². The van der Waals surface area contributed by atoms with Gasteiger partial charge in [-0.25, -0.2) is 4.68 Å². The highest BCUT2D eigenvalue weighted by atomic mass is 15.5. The van der Waals surface area contributed by atoms with Crippen molar-refractivity contribution in [3.05, 3.63) is 5.82 Å². The third kappa shape index (κ3) is 1.61. The summed E-state index contributed by atoms with van der Waals surface area (Å²) in [5, 5.41) is 11.3. The number of nitrogens with zero attached hydrogens (tertiary/aromatic N) is 4. The molecule has 1 aromatic rings. The lowest BCUT2D eigenvalue weighted by atomic mass is 10.2. The van der Waals surface area contributed by atoms with Crippen LogP contribution in [0, 0.1) is 0 Å². The molecule has 0 saturated carbocycles. The van der Waals surface area contributed by atoms with Crippen LogP contribution >= 0.6 is 0 Å². The highest BCUT2D eigenvalue weighted by molar-refractivity contribution is 4.81.